The van der Waals surface area contributed by atoms with Crippen LogP contribution >= 0.6 is 12.4 Å². The Bertz CT molecular complexity index is 653. The molecule has 1 amide bonds. The van der Waals surface area contributed by atoms with Gasteiger partial charge in [-0.3, -0.25) is 9.89 Å². The number of fused-ring (bicyclic) bond motifs is 1. The molecule has 0 aliphatic carbocycles. The molecule has 0 spiro atoms. The number of carbonyl (C=O) groups is 1. The summed E-state index contributed by atoms with van der Waals surface area (Å²) in [4.78, 5) is 14.4. The second kappa shape index (κ2) is 6.18. The van der Waals surface area contributed by atoms with Crippen molar-refractivity contribution in [3.05, 3.63) is 41.2 Å². The summed E-state index contributed by atoms with van der Waals surface area (Å²) in [5.74, 6) is -0.0625. The van der Waals surface area contributed by atoms with Crippen molar-refractivity contribution < 1.29 is 4.79 Å². The summed E-state index contributed by atoms with van der Waals surface area (Å²) in [5.41, 5.74) is 10.2. The number of H-pyrrole nitrogens is 1. The van der Waals surface area contributed by atoms with Crippen LogP contribution in [0.15, 0.2) is 24.3 Å². The minimum Gasteiger partial charge on any atom is -0.398 e. The van der Waals surface area contributed by atoms with Crippen molar-refractivity contribution in [1.29, 1.82) is 0 Å². The summed E-state index contributed by atoms with van der Waals surface area (Å²) in [6.45, 7) is 2.74. The van der Waals surface area contributed by atoms with Gasteiger partial charge in [0.25, 0.3) is 5.91 Å². The number of halogens is 1. The highest BCUT2D eigenvalue weighted by molar-refractivity contribution is 6.05. The first-order chi connectivity index (χ1) is 9.70. The number of amides is 1. The Morgan fingerprint density at radius 2 is 2.29 bits per heavy atom. The van der Waals surface area contributed by atoms with Gasteiger partial charge in [0.15, 0.2) is 5.69 Å². The van der Waals surface area contributed by atoms with Crippen molar-refractivity contribution in [1.82, 2.24) is 10.2 Å². The normalized spacial score (nSPS) is 13.5. The molecule has 0 atom stereocenters. The lowest BCUT2D eigenvalue weighted by atomic mass is 9.99. The van der Waals surface area contributed by atoms with Crippen LogP contribution in [0.25, 0.3) is 0 Å². The molecule has 0 unspecified atom stereocenters. The number of aromatic nitrogens is 2. The van der Waals surface area contributed by atoms with E-state index in [0.717, 1.165) is 41.9 Å². The third-order valence-electron chi connectivity index (χ3n) is 3.76. The van der Waals surface area contributed by atoms with Gasteiger partial charge in [0.2, 0.25) is 0 Å². The smallest absolute Gasteiger partial charge is 0.278 e. The number of rotatable bonds is 2. The third kappa shape index (κ3) is 2.74. The zero-order valence-electron chi connectivity index (χ0n) is 11.9. The SMILES string of the molecule is CCc1cc(C(=O)N2CCCc3c(N)cccc32)n[nH]1.Cl. The molecule has 0 saturated heterocycles. The van der Waals surface area contributed by atoms with E-state index in [2.05, 4.69) is 10.2 Å². The van der Waals surface area contributed by atoms with Gasteiger partial charge in [-0.2, -0.15) is 5.10 Å². The highest BCUT2D eigenvalue weighted by Gasteiger charge is 2.26. The molecule has 1 aliphatic rings. The second-order valence-corrected chi connectivity index (χ2v) is 5.04. The van der Waals surface area contributed by atoms with E-state index in [-0.39, 0.29) is 18.3 Å². The molecule has 6 heteroatoms. The van der Waals surface area contributed by atoms with Crippen molar-refractivity contribution in [2.75, 3.05) is 17.2 Å². The molecule has 3 rings (SSSR count). The minimum atomic E-state index is -0.0625. The number of benzene rings is 1. The number of aromatic amines is 1. The fraction of sp³-hybridized carbons (Fsp3) is 0.333. The monoisotopic (exact) mass is 306 g/mol. The molecule has 112 valence electrons. The van der Waals surface area contributed by atoms with Crippen LogP contribution in [0.1, 0.15) is 35.1 Å². The summed E-state index contributed by atoms with van der Waals surface area (Å²) >= 11 is 0. The molecule has 3 N–H and O–H groups in total. The zero-order chi connectivity index (χ0) is 14.1. The Balaban J connectivity index is 0.00000161. The third-order valence-corrected chi connectivity index (χ3v) is 3.76. The highest BCUT2D eigenvalue weighted by atomic mass is 35.5. The molecule has 1 aromatic carbocycles. The number of nitrogen functional groups attached to an aromatic ring is 1. The van der Waals surface area contributed by atoms with E-state index in [4.69, 9.17) is 5.73 Å². The summed E-state index contributed by atoms with van der Waals surface area (Å²) in [6, 6.07) is 7.55. The van der Waals surface area contributed by atoms with Crippen LogP contribution in [0.5, 0.6) is 0 Å². The Labute approximate surface area is 129 Å². The first-order valence-corrected chi connectivity index (χ1v) is 6.94. The predicted molar refractivity (Wildman–Crippen MR) is 86.1 cm³/mol. The van der Waals surface area contributed by atoms with E-state index in [1.165, 1.54) is 0 Å². The van der Waals surface area contributed by atoms with E-state index in [1.807, 2.05) is 31.2 Å². The topological polar surface area (TPSA) is 75.0 Å². The molecule has 0 saturated carbocycles. The molecular weight excluding hydrogens is 288 g/mol. The lowest BCUT2D eigenvalue weighted by Crippen LogP contribution is -2.36. The lowest BCUT2D eigenvalue weighted by molar-refractivity contribution is 0.0980. The van der Waals surface area contributed by atoms with Crippen LogP contribution in [0, 0.1) is 0 Å². The van der Waals surface area contributed by atoms with Crippen LogP contribution in [0.2, 0.25) is 0 Å². The number of carbonyl (C=O) groups excluding carboxylic acids is 1. The fourth-order valence-corrected chi connectivity index (χ4v) is 2.65. The molecule has 0 fully saturated rings. The summed E-state index contributed by atoms with van der Waals surface area (Å²) in [6.07, 6.45) is 2.69. The largest absolute Gasteiger partial charge is 0.398 e. The summed E-state index contributed by atoms with van der Waals surface area (Å²) < 4.78 is 0. The molecule has 2 heterocycles. The van der Waals surface area contributed by atoms with Crippen molar-refractivity contribution in [2.45, 2.75) is 26.2 Å². The minimum absolute atomic E-state index is 0. The number of aryl methyl sites for hydroxylation is 1. The Kier molecular flexibility index (Phi) is 4.53. The molecule has 5 nitrogen and oxygen atoms in total. The van der Waals surface area contributed by atoms with E-state index in [9.17, 15) is 4.79 Å². The van der Waals surface area contributed by atoms with Crippen LogP contribution in [0.4, 0.5) is 11.4 Å². The average molecular weight is 307 g/mol. The number of hydrogen-bond acceptors (Lipinski definition) is 3. The quantitative estimate of drug-likeness (QED) is 0.837. The van der Waals surface area contributed by atoms with E-state index in [1.54, 1.807) is 4.90 Å². The number of nitrogens with zero attached hydrogens (tertiary/aromatic N) is 2. The molecule has 21 heavy (non-hydrogen) atoms. The first kappa shape index (κ1) is 15.4. The molecule has 1 aromatic heterocycles. The maximum absolute atomic E-state index is 12.6. The first-order valence-electron chi connectivity index (χ1n) is 6.94. The Hall–Kier alpha value is -2.01. The average Bonchev–Trinajstić information content (AvgIpc) is 2.95. The van der Waals surface area contributed by atoms with Gasteiger partial charge in [0.1, 0.15) is 0 Å². The Morgan fingerprint density at radius 3 is 3.00 bits per heavy atom. The lowest BCUT2D eigenvalue weighted by Gasteiger charge is -2.29. The molecule has 0 radical (unpaired) electrons. The van der Waals surface area contributed by atoms with Gasteiger partial charge in [-0.05, 0) is 43.0 Å². The van der Waals surface area contributed by atoms with Gasteiger partial charge in [0.05, 0.1) is 0 Å². The fourth-order valence-electron chi connectivity index (χ4n) is 2.65. The van der Waals surface area contributed by atoms with Crippen molar-refractivity contribution in [3.63, 3.8) is 0 Å². The maximum Gasteiger partial charge on any atom is 0.278 e. The van der Waals surface area contributed by atoms with Crippen molar-refractivity contribution >= 4 is 29.7 Å². The highest BCUT2D eigenvalue weighted by Crippen LogP contribution is 2.32. The molecule has 0 bridgehead atoms. The number of nitrogens with one attached hydrogen (secondary N) is 1. The van der Waals surface area contributed by atoms with Gasteiger partial charge in [0, 0.05) is 23.6 Å². The molecule has 1 aliphatic heterocycles. The number of anilines is 2. The van der Waals surface area contributed by atoms with Crippen LogP contribution in [0.3, 0.4) is 0 Å². The summed E-state index contributed by atoms with van der Waals surface area (Å²) in [7, 11) is 0. The zero-order valence-corrected chi connectivity index (χ0v) is 12.7. The predicted octanol–water partition coefficient (Wildman–Crippen LogP) is 2.57. The standard InChI is InChI=1S/C15H18N4O.ClH/c1-2-10-9-13(18-17-10)15(20)19-8-4-5-11-12(16)6-3-7-14(11)19;/h3,6-7,9H,2,4-5,8,16H2,1H3,(H,17,18);1H. The maximum atomic E-state index is 12.6. The van der Waals surface area contributed by atoms with Gasteiger partial charge >= 0.3 is 0 Å². The van der Waals surface area contributed by atoms with Gasteiger partial charge in [-0.15, -0.1) is 12.4 Å². The summed E-state index contributed by atoms with van der Waals surface area (Å²) in [5, 5.41) is 7.00. The van der Waals surface area contributed by atoms with E-state index in [0.29, 0.717) is 12.2 Å². The van der Waals surface area contributed by atoms with Crippen LogP contribution < -0.4 is 10.6 Å². The molecule has 2 aromatic rings. The van der Waals surface area contributed by atoms with Gasteiger partial charge in [-0.25, -0.2) is 0 Å². The van der Waals surface area contributed by atoms with E-state index < -0.39 is 0 Å². The van der Waals surface area contributed by atoms with Gasteiger partial charge < -0.3 is 10.6 Å². The van der Waals surface area contributed by atoms with Crippen molar-refractivity contribution in [3.8, 4) is 0 Å². The van der Waals surface area contributed by atoms with Gasteiger partial charge in [-0.1, -0.05) is 13.0 Å². The Morgan fingerprint density at radius 1 is 1.48 bits per heavy atom. The molecular formula is C15H19ClN4O. The number of nitrogens with two attached hydrogens (primary N) is 1. The van der Waals surface area contributed by atoms with E-state index >= 15 is 0 Å². The van der Waals surface area contributed by atoms with Crippen LogP contribution in [-0.4, -0.2) is 22.6 Å². The second-order valence-electron chi connectivity index (χ2n) is 5.04. The van der Waals surface area contributed by atoms with Crippen molar-refractivity contribution in [2.24, 2.45) is 0 Å². The van der Waals surface area contributed by atoms with Crippen LogP contribution in [-0.2, 0) is 12.8 Å². The number of hydrogen-bond donors (Lipinski definition) is 2.